The first-order chi connectivity index (χ1) is 9.30. The molecule has 0 aromatic heterocycles. The van der Waals surface area contributed by atoms with E-state index in [1.165, 1.54) is 4.90 Å². The Labute approximate surface area is 136 Å². The molecule has 0 unspecified atom stereocenters. The van der Waals surface area contributed by atoms with Crippen molar-refractivity contribution in [3.05, 3.63) is 27.7 Å². The van der Waals surface area contributed by atoms with E-state index >= 15 is 0 Å². The molecule has 21 heavy (non-hydrogen) atoms. The average Bonchev–Trinajstić information content (AvgIpc) is 2.35. The maximum Gasteiger partial charge on any atom is 0.408 e. The number of nitrogens with zero attached hydrogens (tertiary/aromatic N) is 1. The molecule has 1 aliphatic rings. The van der Waals surface area contributed by atoms with Crippen LogP contribution in [-0.4, -0.2) is 42.4 Å². The van der Waals surface area contributed by atoms with Gasteiger partial charge in [0, 0.05) is 26.2 Å². The highest BCUT2D eigenvalue weighted by Crippen LogP contribution is 2.42. The molecule has 2 N–H and O–H groups in total. The minimum atomic E-state index is -4.44. The molecule has 0 bridgehead atoms. The first kappa shape index (κ1) is 18.6. The van der Waals surface area contributed by atoms with Crippen molar-refractivity contribution in [2.24, 2.45) is 0 Å². The maximum atomic E-state index is 13.3. The smallest absolute Gasteiger partial charge is 0.408 e. The second kappa shape index (κ2) is 7.24. The van der Waals surface area contributed by atoms with Gasteiger partial charge in [-0.15, -0.1) is 12.4 Å². The Bertz CT molecular complexity index is 470. The number of benzene rings is 1. The zero-order chi connectivity index (χ0) is 14.9. The lowest BCUT2D eigenvalue weighted by molar-refractivity contribution is -0.187. The molecule has 1 saturated heterocycles. The Kier molecular flexibility index (Phi) is 6.43. The molecule has 0 spiro atoms. The molecule has 1 fully saturated rings. The van der Waals surface area contributed by atoms with Crippen LogP contribution in [0.15, 0.2) is 12.1 Å². The minimum Gasteiger partial charge on any atom is -0.505 e. The molecule has 9 heteroatoms. The van der Waals surface area contributed by atoms with E-state index in [4.69, 9.17) is 23.2 Å². The number of alkyl halides is 3. The van der Waals surface area contributed by atoms with E-state index in [-0.39, 0.29) is 41.1 Å². The molecular formula is C12H14Cl3F3N2O. The predicted molar refractivity (Wildman–Crippen MR) is 78.6 cm³/mol. The Morgan fingerprint density at radius 2 is 1.62 bits per heavy atom. The molecule has 3 nitrogen and oxygen atoms in total. The maximum absolute atomic E-state index is 13.3. The topological polar surface area (TPSA) is 35.5 Å². The molecular weight excluding hydrogens is 351 g/mol. The van der Waals surface area contributed by atoms with Crippen LogP contribution in [0.1, 0.15) is 11.6 Å². The average molecular weight is 366 g/mol. The Balaban J connectivity index is 0.00000220. The van der Waals surface area contributed by atoms with Crippen molar-refractivity contribution < 1.29 is 18.3 Å². The van der Waals surface area contributed by atoms with Gasteiger partial charge >= 0.3 is 6.18 Å². The molecule has 1 heterocycles. The monoisotopic (exact) mass is 364 g/mol. The van der Waals surface area contributed by atoms with Gasteiger partial charge in [-0.1, -0.05) is 23.2 Å². The van der Waals surface area contributed by atoms with Crippen LogP contribution in [0, 0.1) is 0 Å². The lowest BCUT2D eigenvalue weighted by atomic mass is 10.0. The van der Waals surface area contributed by atoms with Crippen LogP contribution in [0.25, 0.3) is 0 Å². The number of hydrogen-bond donors (Lipinski definition) is 2. The lowest BCUT2D eigenvalue weighted by Crippen LogP contribution is -2.49. The largest absolute Gasteiger partial charge is 0.505 e. The van der Waals surface area contributed by atoms with Crippen molar-refractivity contribution in [1.29, 1.82) is 0 Å². The SMILES string of the molecule is Cl.Oc1c(Cl)cc([C@@H](N2CCNCC2)C(F)(F)F)cc1Cl. The van der Waals surface area contributed by atoms with Crippen molar-refractivity contribution in [3.8, 4) is 5.75 Å². The predicted octanol–water partition coefficient (Wildman–Crippen LogP) is 3.63. The van der Waals surface area contributed by atoms with Crippen LogP contribution >= 0.6 is 35.6 Å². The Morgan fingerprint density at radius 1 is 1.14 bits per heavy atom. The molecule has 1 aromatic carbocycles. The van der Waals surface area contributed by atoms with E-state index in [1.807, 2.05) is 0 Å². The zero-order valence-corrected chi connectivity index (χ0v) is 13.1. The Hall–Kier alpha value is -0.400. The molecule has 0 radical (unpaired) electrons. The van der Waals surface area contributed by atoms with Gasteiger partial charge in [0.05, 0.1) is 10.0 Å². The normalized spacial score (nSPS) is 18.1. The standard InChI is InChI=1S/C12H13Cl2F3N2O.ClH/c13-8-5-7(6-9(14)10(8)20)11(12(15,16)17)19-3-1-18-2-4-19;/h5-6,11,18,20H,1-4H2;1H/t11-;/m1./s1. The van der Waals surface area contributed by atoms with E-state index in [0.29, 0.717) is 13.1 Å². The van der Waals surface area contributed by atoms with E-state index in [1.54, 1.807) is 0 Å². The second-order valence-electron chi connectivity index (χ2n) is 4.56. The van der Waals surface area contributed by atoms with Crippen LogP contribution < -0.4 is 5.32 Å². The molecule has 1 atom stereocenters. The number of phenols is 1. The third kappa shape index (κ3) is 4.29. The number of phenolic OH excluding ortho intramolecular Hbond substituents is 1. The highest BCUT2D eigenvalue weighted by Gasteiger charge is 2.45. The van der Waals surface area contributed by atoms with Crippen LogP contribution in [0.5, 0.6) is 5.75 Å². The summed E-state index contributed by atoms with van der Waals surface area (Å²) in [5, 5.41) is 12.1. The third-order valence-corrected chi connectivity index (χ3v) is 3.76. The van der Waals surface area contributed by atoms with Crippen molar-refractivity contribution in [1.82, 2.24) is 10.2 Å². The fourth-order valence-electron chi connectivity index (χ4n) is 2.29. The number of hydrogen-bond acceptors (Lipinski definition) is 3. The molecule has 1 aromatic rings. The zero-order valence-electron chi connectivity index (χ0n) is 10.8. The van der Waals surface area contributed by atoms with Crippen molar-refractivity contribution in [3.63, 3.8) is 0 Å². The summed E-state index contributed by atoms with van der Waals surface area (Å²) in [4.78, 5) is 1.33. The summed E-state index contributed by atoms with van der Waals surface area (Å²) < 4.78 is 40.0. The summed E-state index contributed by atoms with van der Waals surface area (Å²) in [6.45, 7) is 1.54. The number of nitrogens with one attached hydrogen (secondary N) is 1. The van der Waals surface area contributed by atoms with Crippen molar-refractivity contribution >= 4 is 35.6 Å². The Morgan fingerprint density at radius 3 is 2.05 bits per heavy atom. The second-order valence-corrected chi connectivity index (χ2v) is 5.38. The van der Waals surface area contributed by atoms with E-state index in [9.17, 15) is 18.3 Å². The van der Waals surface area contributed by atoms with Crippen LogP contribution in [0.2, 0.25) is 10.0 Å². The summed E-state index contributed by atoms with van der Waals surface area (Å²) >= 11 is 11.4. The molecule has 120 valence electrons. The quantitative estimate of drug-likeness (QED) is 0.840. The third-order valence-electron chi connectivity index (χ3n) is 3.18. The summed E-state index contributed by atoms with van der Waals surface area (Å²) in [5.74, 6) is -0.404. The molecule has 0 aliphatic carbocycles. The summed E-state index contributed by atoms with van der Waals surface area (Å²) in [5.41, 5.74) is -0.0628. The van der Waals surface area contributed by atoms with Gasteiger partial charge in [0.1, 0.15) is 6.04 Å². The lowest BCUT2D eigenvalue weighted by Gasteiger charge is -2.36. The summed E-state index contributed by atoms with van der Waals surface area (Å²) in [6, 6.07) is 0.451. The minimum absolute atomic E-state index is 0. The molecule has 0 amide bonds. The van der Waals surface area contributed by atoms with E-state index < -0.39 is 18.0 Å². The summed E-state index contributed by atoms with van der Waals surface area (Å²) in [7, 11) is 0. The van der Waals surface area contributed by atoms with E-state index in [0.717, 1.165) is 12.1 Å². The summed E-state index contributed by atoms with van der Waals surface area (Å²) in [6.07, 6.45) is -4.44. The molecule has 1 aliphatic heterocycles. The van der Waals surface area contributed by atoms with Crippen molar-refractivity contribution in [2.45, 2.75) is 12.2 Å². The van der Waals surface area contributed by atoms with Gasteiger partial charge in [0.25, 0.3) is 0 Å². The highest BCUT2D eigenvalue weighted by molar-refractivity contribution is 6.37. The number of piperazine rings is 1. The van der Waals surface area contributed by atoms with Gasteiger partial charge in [-0.3, -0.25) is 4.90 Å². The van der Waals surface area contributed by atoms with Gasteiger partial charge in [0.15, 0.2) is 5.75 Å². The van der Waals surface area contributed by atoms with Gasteiger partial charge in [-0.25, -0.2) is 0 Å². The van der Waals surface area contributed by atoms with Crippen LogP contribution in [0.4, 0.5) is 13.2 Å². The number of halogens is 6. The number of aromatic hydroxyl groups is 1. The molecule has 0 saturated carbocycles. The fraction of sp³-hybridized carbons (Fsp3) is 0.500. The van der Waals surface area contributed by atoms with Crippen LogP contribution in [0.3, 0.4) is 0 Å². The van der Waals surface area contributed by atoms with Crippen molar-refractivity contribution in [2.75, 3.05) is 26.2 Å². The number of rotatable bonds is 2. The van der Waals surface area contributed by atoms with Gasteiger partial charge in [0.2, 0.25) is 0 Å². The first-order valence-electron chi connectivity index (χ1n) is 6.00. The van der Waals surface area contributed by atoms with Gasteiger partial charge < -0.3 is 10.4 Å². The fourth-order valence-corrected chi connectivity index (χ4v) is 2.79. The van der Waals surface area contributed by atoms with E-state index in [2.05, 4.69) is 5.32 Å². The highest BCUT2D eigenvalue weighted by atomic mass is 35.5. The van der Waals surface area contributed by atoms with Gasteiger partial charge in [-0.2, -0.15) is 13.2 Å². The van der Waals surface area contributed by atoms with Gasteiger partial charge in [-0.05, 0) is 17.7 Å². The van der Waals surface area contributed by atoms with Crippen LogP contribution in [-0.2, 0) is 0 Å². The first-order valence-corrected chi connectivity index (χ1v) is 6.75. The molecule has 2 rings (SSSR count).